The van der Waals surface area contributed by atoms with Crippen molar-refractivity contribution in [2.45, 2.75) is 129 Å². The zero-order valence-corrected chi connectivity index (χ0v) is 48.3. The monoisotopic (exact) mass is 1100 g/mol. The van der Waals surface area contributed by atoms with Crippen molar-refractivity contribution in [1.82, 2.24) is 24.1 Å². The molecule has 20 heteroatoms. The summed E-state index contributed by atoms with van der Waals surface area (Å²) in [5.41, 5.74) is 2.47. The van der Waals surface area contributed by atoms with Gasteiger partial charge in [-0.15, -0.1) is 0 Å². The average Bonchev–Trinajstić information content (AvgIpc) is 3.78. The fraction of sp³-hybridized carbons (Fsp3) is 0.393. The molecule has 0 unspecified atom stereocenters. The second-order valence-corrected chi connectivity index (χ2v) is 33.9. The topological polar surface area (TPSA) is 186 Å². The maximum Gasteiger partial charge on any atom is 0.384 e. The van der Waals surface area contributed by atoms with Crippen LogP contribution < -0.4 is 13.0 Å². The Bertz CT molecular complexity index is 3310. The second kappa shape index (κ2) is 21.8. The van der Waals surface area contributed by atoms with Gasteiger partial charge in [-0.25, -0.2) is 8.78 Å². The summed E-state index contributed by atoms with van der Waals surface area (Å²) >= 11 is 0. The van der Waals surface area contributed by atoms with Gasteiger partial charge in [-0.05, 0) is 92.9 Å². The highest BCUT2D eigenvalue weighted by Crippen LogP contribution is 2.52. The molecule has 0 aliphatic carbocycles. The number of halogens is 2. The smallest absolute Gasteiger partial charge is 0.384 e. The van der Waals surface area contributed by atoms with Gasteiger partial charge in [-0.3, -0.25) is 38.9 Å². The predicted octanol–water partition coefficient (Wildman–Crippen LogP) is 12.3. The zero-order chi connectivity index (χ0) is 56.1. The lowest BCUT2D eigenvalue weighted by molar-refractivity contribution is 0.0625. The summed E-state index contributed by atoms with van der Waals surface area (Å²) in [5.74, 6) is -3.53. The highest BCUT2D eigenvalue weighted by molar-refractivity contribution is 7.84. The van der Waals surface area contributed by atoms with Crippen molar-refractivity contribution >= 4 is 72.4 Å². The summed E-state index contributed by atoms with van der Waals surface area (Å²) in [4.78, 5) is 66.4. The van der Waals surface area contributed by atoms with Gasteiger partial charge in [0.2, 0.25) is 0 Å². The largest absolute Gasteiger partial charge is 0.541 e. The van der Waals surface area contributed by atoms with E-state index in [0.717, 1.165) is 14.1 Å². The molecule has 2 aliphatic rings. The maximum atomic E-state index is 14.1. The molecule has 4 heterocycles. The summed E-state index contributed by atoms with van der Waals surface area (Å²) in [6, 6.07) is 17.6. The van der Waals surface area contributed by atoms with Gasteiger partial charge in [-0.2, -0.15) is 12.7 Å². The third kappa shape index (κ3) is 9.99. The van der Waals surface area contributed by atoms with Crippen LogP contribution in [0.1, 0.15) is 136 Å². The van der Waals surface area contributed by atoms with Gasteiger partial charge < -0.3 is 18.1 Å². The number of amides is 4. The van der Waals surface area contributed by atoms with E-state index >= 15 is 0 Å². The number of phenolic OH excluding ortho intramolecular Hbond substituents is 1. The van der Waals surface area contributed by atoms with Crippen molar-refractivity contribution in [2.24, 2.45) is 0 Å². The number of aromatic hydroxyl groups is 1. The van der Waals surface area contributed by atoms with Gasteiger partial charge in [0, 0.05) is 37.3 Å². The van der Waals surface area contributed by atoms with Crippen LogP contribution in [0.2, 0.25) is 33.2 Å². The van der Waals surface area contributed by atoms with Crippen LogP contribution in [0.3, 0.4) is 0 Å². The van der Waals surface area contributed by atoms with Gasteiger partial charge in [0.05, 0.1) is 29.8 Å². The third-order valence-electron chi connectivity index (χ3n) is 14.9. The van der Waals surface area contributed by atoms with Crippen molar-refractivity contribution in [2.75, 3.05) is 14.1 Å². The number of pyridine rings is 2. The summed E-state index contributed by atoms with van der Waals surface area (Å²) in [7, 11) is -6.96. The Morgan fingerprint density at radius 2 is 0.855 bits per heavy atom. The number of hydrogen-bond acceptors (Lipinski definition) is 12. The minimum Gasteiger partial charge on any atom is -0.541 e. The standard InChI is InChI=1S/C29H36FN3O6SSi.C27H31FN2O4Si/c1-17(2)41(18(3)4,19(5)6)39-27-24-23(28(34)33(29(24)35)16-20-11-13-21(30)14-12-20)26(38-40(36,37)32(7)8)22-10-9-15-31-25(22)27;1-15(2)35(16(3)4,17(5)6)34-25-22-21(24(31)20-8-7-13-29-23(20)25)26(32)30(27(22)33)14-18-9-11-19(28)12-10-18/h9-15,17-19H,16H2,1-8H3;7-13,15-17,31H,14H2,1-6H3. The molecule has 1 N–H and O–H groups in total. The summed E-state index contributed by atoms with van der Waals surface area (Å²) < 4.78 is 73.2. The van der Waals surface area contributed by atoms with Gasteiger partial charge in [-0.1, -0.05) is 107 Å². The van der Waals surface area contributed by atoms with E-state index in [1.54, 1.807) is 30.5 Å². The minimum absolute atomic E-state index is 0.0452. The molecule has 0 saturated heterocycles. The fourth-order valence-electron chi connectivity index (χ4n) is 11.4. The van der Waals surface area contributed by atoms with Crippen LogP contribution in [0.5, 0.6) is 23.0 Å². The lowest BCUT2D eigenvalue weighted by Crippen LogP contribution is -2.51. The zero-order valence-electron chi connectivity index (χ0n) is 45.5. The average molecular weight is 1100 g/mol. The van der Waals surface area contributed by atoms with E-state index in [0.29, 0.717) is 22.0 Å². The molecule has 0 saturated carbocycles. The molecular formula is C56H67F2N5O10SSi2. The number of carbonyl (C=O) groups is 4. The van der Waals surface area contributed by atoms with Gasteiger partial charge in [0.25, 0.3) is 40.3 Å². The minimum atomic E-state index is -4.32. The first-order valence-corrected chi connectivity index (χ1v) is 31.1. The van der Waals surface area contributed by atoms with Crippen LogP contribution in [0, 0.1) is 11.6 Å². The number of nitrogens with zero attached hydrogens (tertiary/aromatic N) is 5. The Morgan fingerprint density at radius 1 is 0.526 bits per heavy atom. The predicted molar refractivity (Wildman–Crippen MR) is 293 cm³/mol. The SMILES string of the molecule is CC(C)[Si](Oc1c2c(c(O)c3cccnc13)C(=O)N(Cc1ccc(F)cc1)C2=O)(C(C)C)C(C)C.CC(C)[Si](Oc1c2c(c(OS(=O)(=O)N(C)C)c3cccnc13)C(=O)N(Cc1ccc(F)cc1)C2=O)(C(C)C)C(C)C. The third-order valence-corrected chi connectivity index (χ3v) is 28.1. The first kappa shape index (κ1) is 57.1. The lowest BCUT2D eigenvalue weighted by atomic mass is 10.0. The van der Waals surface area contributed by atoms with Crippen LogP contribution in [0.4, 0.5) is 8.78 Å². The molecule has 0 atom stereocenters. The van der Waals surface area contributed by atoms with Crippen molar-refractivity contribution in [3.63, 3.8) is 0 Å². The molecule has 6 aromatic rings. The van der Waals surface area contributed by atoms with Crippen molar-refractivity contribution in [3.8, 4) is 23.0 Å². The number of rotatable bonds is 17. The van der Waals surface area contributed by atoms with Gasteiger partial charge >= 0.3 is 10.3 Å². The van der Waals surface area contributed by atoms with Crippen LogP contribution >= 0.6 is 0 Å². The second-order valence-electron chi connectivity index (χ2n) is 21.4. The normalized spacial score (nSPS) is 14.1. The summed E-state index contributed by atoms with van der Waals surface area (Å²) in [5, 5.41) is 11.7. The van der Waals surface area contributed by atoms with E-state index in [2.05, 4.69) is 93.1 Å². The number of imide groups is 2. The van der Waals surface area contributed by atoms with Crippen molar-refractivity contribution in [1.29, 1.82) is 0 Å². The molecule has 15 nitrogen and oxygen atoms in total. The van der Waals surface area contributed by atoms with E-state index in [-0.39, 0.29) is 102 Å². The summed E-state index contributed by atoms with van der Waals surface area (Å²) in [6.07, 6.45) is 3.11. The Morgan fingerprint density at radius 3 is 1.22 bits per heavy atom. The molecule has 0 fully saturated rings. The van der Waals surface area contributed by atoms with Crippen molar-refractivity contribution in [3.05, 3.63) is 130 Å². The van der Waals surface area contributed by atoms with Crippen LogP contribution in [-0.2, 0) is 23.4 Å². The highest BCUT2D eigenvalue weighted by Gasteiger charge is 2.52. The lowest BCUT2D eigenvalue weighted by Gasteiger charge is -2.42. The Labute approximate surface area is 445 Å². The van der Waals surface area contributed by atoms with E-state index in [9.17, 15) is 41.5 Å². The molecule has 4 amide bonds. The molecule has 4 aromatic carbocycles. The number of phenols is 1. The quantitative estimate of drug-likeness (QED) is 0.0674. The van der Waals surface area contributed by atoms with E-state index in [1.165, 1.54) is 68.8 Å². The van der Waals surface area contributed by atoms with Gasteiger partial charge in [0.15, 0.2) is 5.75 Å². The Hall–Kier alpha value is -6.62. The Balaban J connectivity index is 0.000000224. The van der Waals surface area contributed by atoms with Crippen LogP contribution in [0.15, 0.2) is 85.2 Å². The number of aromatic nitrogens is 2. The first-order valence-electron chi connectivity index (χ1n) is 25.4. The molecule has 2 aromatic heterocycles. The molecular weight excluding hydrogens is 1030 g/mol. The number of fused-ring (bicyclic) bond motifs is 4. The molecule has 0 spiro atoms. The van der Waals surface area contributed by atoms with Gasteiger partial charge in [0.1, 0.15) is 45.5 Å². The number of benzene rings is 4. The van der Waals surface area contributed by atoms with Crippen molar-refractivity contribution < 1.29 is 54.5 Å². The molecule has 0 radical (unpaired) electrons. The Kier molecular flexibility index (Phi) is 16.4. The van der Waals surface area contributed by atoms with E-state index in [1.807, 2.05) is 0 Å². The van der Waals surface area contributed by atoms with Crippen LogP contribution in [-0.4, -0.2) is 92.0 Å². The van der Waals surface area contributed by atoms with Crippen LogP contribution in [0.25, 0.3) is 21.8 Å². The fourth-order valence-corrected chi connectivity index (χ4v) is 22.5. The maximum absolute atomic E-state index is 14.1. The molecule has 0 bridgehead atoms. The number of carbonyl (C=O) groups excluding carboxylic acids is 4. The summed E-state index contributed by atoms with van der Waals surface area (Å²) in [6.45, 7) is 25.2. The molecule has 404 valence electrons. The molecule has 8 rings (SSSR count). The molecule has 76 heavy (non-hydrogen) atoms. The van der Waals surface area contributed by atoms with E-state index < -0.39 is 62.2 Å². The first-order chi connectivity index (χ1) is 35.6. The highest BCUT2D eigenvalue weighted by atomic mass is 32.2. The van der Waals surface area contributed by atoms with E-state index in [4.69, 9.17) is 13.0 Å². The number of hydrogen-bond donors (Lipinski definition) is 1. The molecule has 2 aliphatic heterocycles.